The van der Waals surface area contributed by atoms with Gasteiger partial charge in [0.15, 0.2) is 0 Å². The lowest BCUT2D eigenvalue weighted by Gasteiger charge is -2.27. The Kier molecular flexibility index (Phi) is 2.87. The van der Waals surface area contributed by atoms with Crippen LogP contribution in [0.5, 0.6) is 0 Å². The van der Waals surface area contributed by atoms with Crippen molar-refractivity contribution >= 4 is 11.0 Å². The largest absolute Gasteiger partial charge is 0.464 e. The number of fused-ring (bicyclic) bond motifs is 1. The zero-order valence-electron chi connectivity index (χ0n) is 9.76. The Morgan fingerprint density at radius 1 is 1.29 bits per heavy atom. The maximum Gasteiger partial charge on any atom is 0.134 e. The van der Waals surface area contributed by atoms with Crippen LogP contribution in [0.1, 0.15) is 24.4 Å². The fraction of sp³-hybridized carbons (Fsp3) is 0.429. The van der Waals surface area contributed by atoms with E-state index >= 15 is 0 Å². The number of para-hydroxylation sites is 1. The highest BCUT2D eigenvalue weighted by Gasteiger charge is 2.24. The minimum Gasteiger partial charge on any atom is -0.464 e. The number of ether oxygens (including phenoxy) is 1. The van der Waals surface area contributed by atoms with Crippen LogP contribution in [0.15, 0.2) is 34.9 Å². The van der Waals surface area contributed by atoms with Gasteiger partial charge in [0.2, 0.25) is 0 Å². The van der Waals surface area contributed by atoms with Crippen molar-refractivity contribution in [3.8, 4) is 0 Å². The van der Waals surface area contributed by atoms with E-state index in [0.29, 0.717) is 5.92 Å². The zero-order valence-corrected chi connectivity index (χ0v) is 9.76. The molecule has 90 valence electrons. The Morgan fingerprint density at radius 3 is 3.00 bits per heavy atom. The van der Waals surface area contributed by atoms with Crippen LogP contribution in [0, 0.1) is 5.92 Å². The van der Waals surface area contributed by atoms with Crippen molar-refractivity contribution in [1.82, 2.24) is 0 Å². The molecule has 1 fully saturated rings. The summed E-state index contributed by atoms with van der Waals surface area (Å²) in [4.78, 5) is 0. The lowest BCUT2D eigenvalue weighted by molar-refractivity contribution is 0.0448. The molecule has 1 aliphatic heterocycles. The van der Waals surface area contributed by atoms with Crippen LogP contribution in [-0.2, 0) is 4.74 Å². The molecule has 17 heavy (non-hydrogen) atoms. The average molecular weight is 231 g/mol. The van der Waals surface area contributed by atoms with Gasteiger partial charge in [0.1, 0.15) is 5.58 Å². The molecule has 2 aromatic rings. The van der Waals surface area contributed by atoms with Gasteiger partial charge in [-0.15, -0.1) is 0 Å². The van der Waals surface area contributed by atoms with E-state index in [1.165, 1.54) is 0 Å². The lowest BCUT2D eigenvalue weighted by Crippen LogP contribution is -2.28. The summed E-state index contributed by atoms with van der Waals surface area (Å²) < 4.78 is 11.0. The van der Waals surface area contributed by atoms with Crippen molar-refractivity contribution in [2.24, 2.45) is 11.7 Å². The second kappa shape index (κ2) is 4.51. The van der Waals surface area contributed by atoms with E-state index in [2.05, 4.69) is 6.07 Å². The molecular formula is C14H17NO2. The van der Waals surface area contributed by atoms with Crippen LogP contribution in [0.25, 0.3) is 11.0 Å². The highest BCUT2D eigenvalue weighted by atomic mass is 16.5. The van der Waals surface area contributed by atoms with Crippen molar-refractivity contribution in [3.05, 3.63) is 36.1 Å². The van der Waals surface area contributed by atoms with Crippen molar-refractivity contribution in [2.75, 3.05) is 13.2 Å². The van der Waals surface area contributed by atoms with Crippen LogP contribution in [-0.4, -0.2) is 13.2 Å². The van der Waals surface area contributed by atoms with Crippen LogP contribution in [0.3, 0.4) is 0 Å². The number of hydrogen-bond donors (Lipinski definition) is 1. The topological polar surface area (TPSA) is 48.4 Å². The molecular weight excluding hydrogens is 214 g/mol. The zero-order chi connectivity index (χ0) is 11.7. The van der Waals surface area contributed by atoms with Crippen LogP contribution < -0.4 is 5.73 Å². The molecule has 0 bridgehead atoms. The quantitative estimate of drug-likeness (QED) is 0.864. The molecule has 0 aliphatic carbocycles. The maximum absolute atomic E-state index is 6.34. The lowest BCUT2D eigenvalue weighted by atomic mass is 9.89. The number of benzene rings is 1. The third-order valence-corrected chi connectivity index (χ3v) is 3.57. The van der Waals surface area contributed by atoms with Crippen LogP contribution >= 0.6 is 0 Å². The number of hydrogen-bond acceptors (Lipinski definition) is 3. The van der Waals surface area contributed by atoms with E-state index in [4.69, 9.17) is 14.9 Å². The normalized spacial score (nSPS) is 22.8. The predicted molar refractivity (Wildman–Crippen MR) is 66.7 cm³/mol. The summed E-state index contributed by atoms with van der Waals surface area (Å²) in [7, 11) is 0. The molecule has 1 saturated heterocycles. The van der Waals surface area contributed by atoms with Crippen LogP contribution in [0.4, 0.5) is 0 Å². The average Bonchev–Trinajstić information content (AvgIpc) is 2.83. The monoisotopic (exact) mass is 231 g/mol. The fourth-order valence-electron chi connectivity index (χ4n) is 2.56. The SMILES string of the molecule is NC(c1coc2ccccc12)C1CCCOC1. The summed E-state index contributed by atoms with van der Waals surface area (Å²) in [5.41, 5.74) is 8.36. The maximum atomic E-state index is 6.34. The predicted octanol–water partition coefficient (Wildman–Crippen LogP) is 2.86. The van der Waals surface area contributed by atoms with Gasteiger partial charge in [-0.3, -0.25) is 0 Å². The Hall–Kier alpha value is -1.32. The molecule has 0 spiro atoms. The first-order valence-corrected chi connectivity index (χ1v) is 6.16. The number of furan rings is 1. The molecule has 2 heterocycles. The van der Waals surface area contributed by atoms with E-state index in [-0.39, 0.29) is 6.04 Å². The summed E-state index contributed by atoms with van der Waals surface area (Å²) in [6.45, 7) is 1.63. The molecule has 3 rings (SSSR count). The first-order chi connectivity index (χ1) is 8.36. The van der Waals surface area contributed by atoms with Gasteiger partial charge in [0, 0.05) is 29.5 Å². The van der Waals surface area contributed by atoms with E-state index in [0.717, 1.165) is 42.6 Å². The molecule has 2 N–H and O–H groups in total. The second-order valence-corrected chi connectivity index (χ2v) is 4.69. The molecule has 3 nitrogen and oxygen atoms in total. The van der Waals surface area contributed by atoms with Gasteiger partial charge in [-0.25, -0.2) is 0 Å². The molecule has 0 radical (unpaired) electrons. The molecule has 1 aromatic carbocycles. The number of rotatable bonds is 2. The van der Waals surface area contributed by atoms with Gasteiger partial charge in [0.25, 0.3) is 0 Å². The fourth-order valence-corrected chi connectivity index (χ4v) is 2.56. The van der Waals surface area contributed by atoms with Crippen LogP contribution in [0.2, 0.25) is 0 Å². The molecule has 2 unspecified atom stereocenters. The van der Waals surface area contributed by atoms with Crippen molar-refractivity contribution in [1.29, 1.82) is 0 Å². The van der Waals surface area contributed by atoms with Gasteiger partial charge in [-0.2, -0.15) is 0 Å². The summed E-state index contributed by atoms with van der Waals surface area (Å²) in [6, 6.07) is 8.05. The molecule has 1 aliphatic rings. The molecule has 1 aromatic heterocycles. The minimum absolute atomic E-state index is 0.0129. The Balaban J connectivity index is 1.92. The van der Waals surface area contributed by atoms with E-state index in [1.807, 2.05) is 18.2 Å². The van der Waals surface area contributed by atoms with E-state index in [1.54, 1.807) is 6.26 Å². The van der Waals surface area contributed by atoms with Gasteiger partial charge < -0.3 is 14.9 Å². The molecule has 2 atom stereocenters. The van der Waals surface area contributed by atoms with Gasteiger partial charge in [-0.1, -0.05) is 18.2 Å². The summed E-state index contributed by atoms with van der Waals surface area (Å²) >= 11 is 0. The smallest absolute Gasteiger partial charge is 0.134 e. The summed E-state index contributed by atoms with van der Waals surface area (Å²) in [6.07, 6.45) is 4.04. The van der Waals surface area contributed by atoms with Crippen molar-refractivity contribution in [2.45, 2.75) is 18.9 Å². The van der Waals surface area contributed by atoms with Crippen molar-refractivity contribution < 1.29 is 9.15 Å². The van der Waals surface area contributed by atoms with E-state index in [9.17, 15) is 0 Å². The van der Waals surface area contributed by atoms with Gasteiger partial charge >= 0.3 is 0 Å². The summed E-state index contributed by atoms with van der Waals surface area (Å²) in [5.74, 6) is 0.407. The standard InChI is InChI=1S/C14H17NO2/c15-14(10-4-3-7-16-8-10)12-9-17-13-6-2-1-5-11(12)13/h1-2,5-6,9-10,14H,3-4,7-8,15H2. The second-order valence-electron chi connectivity index (χ2n) is 4.69. The van der Waals surface area contributed by atoms with Gasteiger partial charge in [-0.05, 0) is 18.9 Å². The Labute approximate surface area is 101 Å². The molecule has 0 saturated carbocycles. The van der Waals surface area contributed by atoms with Crippen molar-refractivity contribution in [3.63, 3.8) is 0 Å². The third kappa shape index (κ3) is 1.96. The minimum atomic E-state index is 0.0129. The first-order valence-electron chi connectivity index (χ1n) is 6.16. The highest BCUT2D eigenvalue weighted by Crippen LogP contribution is 2.32. The first kappa shape index (κ1) is 10.8. The Morgan fingerprint density at radius 2 is 2.18 bits per heavy atom. The van der Waals surface area contributed by atoms with Gasteiger partial charge in [0.05, 0.1) is 12.9 Å². The molecule has 3 heteroatoms. The number of nitrogens with two attached hydrogens (primary N) is 1. The third-order valence-electron chi connectivity index (χ3n) is 3.57. The highest BCUT2D eigenvalue weighted by molar-refractivity contribution is 5.81. The van der Waals surface area contributed by atoms with E-state index < -0.39 is 0 Å². The Bertz CT molecular complexity index is 500. The molecule has 0 amide bonds. The summed E-state index contributed by atoms with van der Waals surface area (Å²) in [5, 5.41) is 1.13.